The summed E-state index contributed by atoms with van der Waals surface area (Å²) in [6.07, 6.45) is 0. The molecule has 0 fully saturated rings. The van der Waals surface area contributed by atoms with E-state index in [4.69, 9.17) is 41.2 Å². The summed E-state index contributed by atoms with van der Waals surface area (Å²) in [5, 5.41) is 3.41. The molecule has 2 rings (SSSR count). The van der Waals surface area contributed by atoms with Crippen molar-refractivity contribution in [1.82, 2.24) is 0 Å². The quantitative estimate of drug-likeness (QED) is 0.819. The first kappa shape index (κ1) is 14.1. The Morgan fingerprint density at radius 3 is 2.58 bits per heavy atom. The van der Waals surface area contributed by atoms with E-state index >= 15 is 0 Å². The Kier molecular flexibility index (Phi) is 4.24. The molecule has 0 aliphatic rings. The van der Waals surface area contributed by atoms with E-state index in [0.717, 1.165) is 0 Å². The van der Waals surface area contributed by atoms with Crippen molar-refractivity contribution in [2.75, 3.05) is 5.32 Å². The van der Waals surface area contributed by atoms with Gasteiger partial charge in [-0.25, -0.2) is 4.39 Å². The van der Waals surface area contributed by atoms with Crippen molar-refractivity contribution in [2.24, 2.45) is 5.73 Å². The van der Waals surface area contributed by atoms with Crippen molar-refractivity contribution in [3.05, 3.63) is 57.8 Å². The fourth-order valence-corrected chi connectivity index (χ4v) is 2.10. The lowest BCUT2D eigenvalue weighted by Gasteiger charge is -2.12. The maximum absolute atomic E-state index is 13.8. The number of rotatable bonds is 3. The van der Waals surface area contributed by atoms with Gasteiger partial charge >= 0.3 is 0 Å². The van der Waals surface area contributed by atoms with Gasteiger partial charge in [-0.1, -0.05) is 41.5 Å². The van der Waals surface area contributed by atoms with E-state index in [1.54, 1.807) is 30.3 Å². The van der Waals surface area contributed by atoms with Gasteiger partial charge in [0.25, 0.3) is 0 Å². The molecule has 0 spiro atoms. The summed E-state index contributed by atoms with van der Waals surface area (Å²) in [4.78, 5) is 0.196. The summed E-state index contributed by atoms with van der Waals surface area (Å²) in [6.45, 7) is 0. The van der Waals surface area contributed by atoms with Crippen molar-refractivity contribution in [1.29, 1.82) is 0 Å². The van der Waals surface area contributed by atoms with Gasteiger partial charge in [0.2, 0.25) is 0 Å². The number of nitrogens with two attached hydrogens (primary N) is 1. The molecule has 6 heteroatoms. The van der Waals surface area contributed by atoms with Gasteiger partial charge in [-0.15, -0.1) is 0 Å². The molecule has 0 aliphatic carbocycles. The highest BCUT2D eigenvalue weighted by atomic mass is 35.5. The second-order valence-electron chi connectivity index (χ2n) is 3.78. The number of halogens is 3. The third-order valence-electron chi connectivity index (χ3n) is 2.47. The van der Waals surface area contributed by atoms with Gasteiger partial charge in [0.15, 0.2) is 5.82 Å². The van der Waals surface area contributed by atoms with Gasteiger partial charge in [-0.05, 0) is 30.3 Å². The van der Waals surface area contributed by atoms with Gasteiger partial charge in [-0.2, -0.15) is 0 Å². The molecule has 2 nitrogen and oxygen atoms in total. The minimum absolute atomic E-state index is 0.0314. The molecule has 3 N–H and O–H groups in total. The Morgan fingerprint density at radius 1 is 1.16 bits per heavy atom. The highest BCUT2D eigenvalue weighted by Gasteiger charge is 2.10. The van der Waals surface area contributed by atoms with Crippen LogP contribution in [0.15, 0.2) is 36.4 Å². The Hall–Kier alpha value is -1.36. The molecule has 0 aliphatic heterocycles. The van der Waals surface area contributed by atoms with Crippen LogP contribution in [0.3, 0.4) is 0 Å². The molecule has 0 aromatic heterocycles. The van der Waals surface area contributed by atoms with Gasteiger partial charge < -0.3 is 11.1 Å². The highest BCUT2D eigenvalue weighted by Crippen LogP contribution is 2.28. The Labute approximate surface area is 125 Å². The van der Waals surface area contributed by atoms with Gasteiger partial charge in [-0.3, -0.25) is 0 Å². The van der Waals surface area contributed by atoms with Crippen molar-refractivity contribution in [3.8, 4) is 0 Å². The molecule has 0 saturated carbocycles. The van der Waals surface area contributed by atoms with Crippen LogP contribution in [0.4, 0.5) is 15.8 Å². The summed E-state index contributed by atoms with van der Waals surface area (Å²) < 4.78 is 13.8. The summed E-state index contributed by atoms with van der Waals surface area (Å²) in [5.74, 6) is -0.543. The molecule has 0 unspecified atom stereocenters. The van der Waals surface area contributed by atoms with E-state index < -0.39 is 5.82 Å². The van der Waals surface area contributed by atoms with Crippen molar-refractivity contribution in [2.45, 2.75) is 0 Å². The number of nitrogens with one attached hydrogen (secondary N) is 1. The lowest BCUT2D eigenvalue weighted by molar-refractivity contribution is 0.632. The third kappa shape index (κ3) is 3.15. The fraction of sp³-hybridized carbons (Fsp3) is 0. The lowest BCUT2D eigenvalue weighted by atomic mass is 10.1. The number of thiocarbonyl (C=S) groups is 1. The molecular formula is C13H9Cl2FN2S. The van der Waals surface area contributed by atoms with Gasteiger partial charge in [0, 0.05) is 10.6 Å². The van der Waals surface area contributed by atoms with Crippen LogP contribution >= 0.6 is 35.4 Å². The smallest absolute Gasteiger partial charge is 0.165 e. The van der Waals surface area contributed by atoms with Crippen LogP contribution in [-0.4, -0.2) is 4.99 Å². The normalized spacial score (nSPS) is 10.3. The van der Waals surface area contributed by atoms with E-state index in [1.165, 1.54) is 6.07 Å². The van der Waals surface area contributed by atoms with Crippen molar-refractivity contribution in [3.63, 3.8) is 0 Å². The monoisotopic (exact) mass is 314 g/mol. The van der Waals surface area contributed by atoms with Gasteiger partial charge in [0.05, 0.1) is 16.4 Å². The summed E-state index contributed by atoms with van der Waals surface area (Å²) in [6, 6.07) is 9.63. The first-order valence-corrected chi connectivity index (χ1v) is 6.46. The predicted octanol–water partition coefficient (Wildman–Crippen LogP) is 4.51. The number of hydrogen-bond acceptors (Lipinski definition) is 2. The Balaban J connectivity index is 2.45. The maximum atomic E-state index is 13.8. The van der Waals surface area contributed by atoms with Crippen LogP contribution in [0.2, 0.25) is 10.0 Å². The van der Waals surface area contributed by atoms with E-state index in [0.29, 0.717) is 16.3 Å². The maximum Gasteiger partial charge on any atom is 0.165 e. The molecule has 0 saturated heterocycles. The molecule has 19 heavy (non-hydrogen) atoms. The standard InChI is InChI=1S/C13H9Cl2FN2S/c14-7-4-5-8(13(17)19)11(6-7)18-10-3-1-2-9(15)12(10)16/h1-6,18H,(H2,17,19). The Bertz CT molecular complexity index is 647. The molecule has 0 heterocycles. The lowest BCUT2D eigenvalue weighted by Crippen LogP contribution is -2.12. The minimum atomic E-state index is -0.543. The zero-order valence-corrected chi connectivity index (χ0v) is 11.9. The first-order chi connectivity index (χ1) is 8.99. The van der Waals surface area contributed by atoms with Crippen molar-refractivity contribution < 1.29 is 4.39 Å². The summed E-state index contributed by atoms with van der Waals surface area (Å²) >= 11 is 16.6. The number of anilines is 2. The van der Waals surface area contributed by atoms with Crippen LogP contribution in [0, 0.1) is 5.82 Å². The average Bonchev–Trinajstić information content (AvgIpc) is 2.35. The third-order valence-corrected chi connectivity index (χ3v) is 3.21. The molecule has 2 aromatic carbocycles. The van der Waals surface area contributed by atoms with Crippen LogP contribution in [-0.2, 0) is 0 Å². The fourth-order valence-electron chi connectivity index (χ4n) is 1.58. The molecule has 2 aromatic rings. The molecular weight excluding hydrogens is 306 g/mol. The second-order valence-corrected chi connectivity index (χ2v) is 5.06. The number of benzene rings is 2. The second kappa shape index (κ2) is 5.74. The van der Waals surface area contributed by atoms with Crippen LogP contribution in [0.25, 0.3) is 0 Å². The Morgan fingerprint density at radius 2 is 1.89 bits per heavy atom. The number of hydrogen-bond donors (Lipinski definition) is 2. The van der Waals surface area contributed by atoms with E-state index in [-0.39, 0.29) is 15.7 Å². The highest BCUT2D eigenvalue weighted by molar-refractivity contribution is 7.80. The average molecular weight is 315 g/mol. The van der Waals surface area contributed by atoms with Crippen LogP contribution < -0.4 is 11.1 Å². The SMILES string of the molecule is NC(=S)c1ccc(Cl)cc1Nc1cccc(Cl)c1F. The zero-order valence-electron chi connectivity index (χ0n) is 9.58. The van der Waals surface area contributed by atoms with Gasteiger partial charge in [0.1, 0.15) is 4.99 Å². The molecule has 98 valence electrons. The van der Waals surface area contributed by atoms with E-state index in [1.807, 2.05) is 0 Å². The van der Waals surface area contributed by atoms with E-state index in [9.17, 15) is 4.39 Å². The van der Waals surface area contributed by atoms with Crippen LogP contribution in [0.5, 0.6) is 0 Å². The minimum Gasteiger partial charge on any atom is -0.389 e. The molecule has 0 amide bonds. The summed E-state index contributed by atoms with van der Waals surface area (Å²) in [5.41, 5.74) is 6.95. The van der Waals surface area contributed by atoms with Crippen LogP contribution in [0.1, 0.15) is 5.56 Å². The molecule has 0 radical (unpaired) electrons. The summed E-state index contributed by atoms with van der Waals surface area (Å²) in [7, 11) is 0. The first-order valence-electron chi connectivity index (χ1n) is 5.29. The van der Waals surface area contributed by atoms with Crippen molar-refractivity contribution >= 4 is 51.8 Å². The zero-order chi connectivity index (χ0) is 14.0. The molecule has 0 bridgehead atoms. The molecule has 0 atom stereocenters. The predicted molar refractivity (Wildman–Crippen MR) is 82.0 cm³/mol. The largest absolute Gasteiger partial charge is 0.389 e. The van der Waals surface area contributed by atoms with E-state index in [2.05, 4.69) is 5.32 Å². The topological polar surface area (TPSA) is 38.0 Å².